The standard InChI is InChI=1S/C33H39F3N8OS/c1-21(42-10-12-43(13-11-42)23(3)45)18-44-26(17-37)14-28-22(2)24(4-5-30(28)44)19-41-8-6-25(7-9-41)40-31-29-15-27(16-33(34,35)36)46-32(29)39-20-38-31/h4-5,14-15,20-21,25H,6-13,16,18-19H2,1-3H3,(H,38,39,40). The molecule has 2 saturated heterocycles. The number of alkyl halides is 3. The highest BCUT2D eigenvalue weighted by Crippen LogP contribution is 2.33. The zero-order valence-electron chi connectivity index (χ0n) is 26.4. The van der Waals surface area contributed by atoms with Gasteiger partial charge in [0.2, 0.25) is 5.91 Å². The van der Waals surface area contributed by atoms with Crippen LogP contribution in [0.5, 0.6) is 0 Å². The van der Waals surface area contributed by atoms with Crippen LogP contribution >= 0.6 is 11.3 Å². The summed E-state index contributed by atoms with van der Waals surface area (Å²) in [7, 11) is 0. The number of piperidine rings is 1. The Kier molecular flexibility index (Phi) is 9.23. The number of thiophene rings is 1. The van der Waals surface area contributed by atoms with Gasteiger partial charge in [-0.1, -0.05) is 6.07 Å². The molecule has 2 aliphatic rings. The molecule has 1 amide bonds. The Labute approximate surface area is 270 Å². The first kappa shape index (κ1) is 32.2. The Bertz CT molecular complexity index is 1760. The van der Waals surface area contributed by atoms with Crippen LogP contribution in [0.25, 0.3) is 21.1 Å². The smallest absolute Gasteiger partial charge is 0.367 e. The van der Waals surface area contributed by atoms with Gasteiger partial charge in [0.05, 0.1) is 11.8 Å². The molecule has 13 heteroatoms. The second-order valence-electron chi connectivity index (χ2n) is 12.6. The van der Waals surface area contributed by atoms with Crippen LogP contribution in [0.3, 0.4) is 0 Å². The molecule has 0 spiro atoms. The fraction of sp³-hybridized carbons (Fsp3) is 0.515. The number of anilines is 1. The van der Waals surface area contributed by atoms with E-state index in [0.717, 1.165) is 80.9 Å². The van der Waals surface area contributed by atoms with Gasteiger partial charge in [-0.2, -0.15) is 18.4 Å². The van der Waals surface area contributed by atoms with Crippen molar-refractivity contribution in [3.63, 3.8) is 0 Å². The fourth-order valence-electron chi connectivity index (χ4n) is 6.81. The molecule has 5 heterocycles. The van der Waals surface area contributed by atoms with E-state index in [9.17, 15) is 23.2 Å². The van der Waals surface area contributed by atoms with Crippen molar-refractivity contribution in [1.82, 2.24) is 29.2 Å². The molecule has 1 aromatic carbocycles. The van der Waals surface area contributed by atoms with Gasteiger partial charge in [0.25, 0.3) is 0 Å². The van der Waals surface area contributed by atoms with Crippen LogP contribution in [0.15, 0.2) is 30.6 Å². The second kappa shape index (κ2) is 13.2. The molecule has 2 fully saturated rings. The highest BCUT2D eigenvalue weighted by molar-refractivity contribution is 7.18. The van der Waals surface area contributed by atoms with Crippen LogP contribution < -0.4 is 5.32 Å². The molecular formula is C33H39F3N8OS. The number of piperazine rings is 1. The quantitative estimate of drug-likeness (QED) is 0.267. The number of carbonyl (C=O) groups is 1. The van der Waals surface area contributed by atoms with Gasteiger partial charge >= 0.3 is 6.18 Å². The van der Waals surface area contributed by atoms with Crippen molar-refractivity contribution in [3.05, 3.63) is 52.3 Å². The van der Waals surface area contributed by atoms with E-state index >= 15 is 0 Å². The summed E-state index contributed by atoms with van der Waals surface area (Å²) in [4.78, 5) is 27.8. The Morgan fingerprint density at radius 3 is 2.52 bits per heavy atom. The summed E-state index contributed by atoms with van der Waals surface area (Å²) < 4.78 is 40.9. The highest BCUT2D eigenvalue weighted by Gasteiger charge is 2.30. The zero-order chi connectivity index (χ0) is 32.6. The van der Waals surface area contributed by atoms with Crippen LogP contribution in [-0.2, 0) is 24.3 Å². The molecular weight excluding hydrogens is 613 g/mol. The van der Waals surface area contributed by atoms with Gasteiger partial charge < -0.3 is 14.8 Å². The number of aryl methyl sites for hydroxylation is 1. The molecule has 2 aliphatic heterocycles. The van der Waals surface area contributed by atoms with Crippen molar-refractivity contribution in [1.29, 1.82) is 5.26 Å². The zero-order valence-corrected chi connectivity index (χ0v) is 27.2. The number of hydrogen-bond acceptors (Lipinski definition) is 8. The number of aromatic nitrogens is 3. The van der Waals surface area contributed by atoms with E-state index in [4.69, 9.17) is 0 Å². The third kappa shape index (κ3) is 6.99. The average Bonchev–Trinajstić information content (AvgIpc) is 3.60. The lowest BCUT2D eigenvalue weighted by Gasteiger charge is -2.38. The number of fused-ring (bicyclic) bond motifs is 2. The van der Waals surface area contributed by atoms with Crippen LogP contribution in [0.1, 0.15) is 48.4 Å². The van der Waals surface area contributed by atoms with E-state index in [1.807, 2.05) is 11.0 Å². The van der Waals surface area contributed by atoms with E-state index in [2.05, 4.69) is 61.7 Å². The minimum absolute atomic E-state index is 0.119. The molecule has 1 atom stereocenters. The lowest BCUT2D eigenvalue weighted by atomic mass is 10.0. The Morgan fingerprint density at radius 2 is 1.85 bits per heavy atom. The number of nitriles is 1. The lowest BCUT2D eigenvalue weighted by molar-refractivity contribution is -0.131. The molecule has 0 radical (unpaired) electrons. The van der Waals surface area contributed by atoms with Crippen molar-refractivity contribution in [3.8, 4) is 6.07 Å². The minimum atomic E-state index is -4.26. The molecule has 3 aromatic heterocycles. The third-order valence-corrected chi connectivity index (χ3v) is 10.5. The van der Waals surface area contributed by atoms with Gasteiger partial charge in [0.1, 0.15) is 28.7 Å². The summed E-state index contributed by atoms with van der Waals surface area (Å²) in [6.45, 7) is 12.3. The molecule has 4 aromatic rings. The van der Waals surface area contributed by atoms with Crippen LogP contribution in [-0.4, -0.2) is 92.7 Å². The van der Waals surface area contributed by atoms with Gasteiger partial charge in [0, 0.05) is 87.1 Å². The fourth-order valence-corrected chi connectivity index (χ4v) is 7.84. The van der Waals surface area contributed by atoms with E-state index < -0.39 is 12.6 Å². The topological polar surface area (TPSA) is 93.3 Å². The summed E-state index contributed by atoms with van der Waals surface area (Å²) in [5.74, 6) is 0.716. The summed E-state index contributed by atoms with van der Waals surface area (Å²) in [6, 6.07) is 10.7. The van der Waals surface area contributed by atoms with Gasteiger partial charge in [-0.15, -0.1) is 11.3 Å². The predicted molar refractivity (Wildman–Crippen MR) is 174 cm³/mol. The van der Waals surface area contributed by atoms with E-state index in [0.29, 0.717) is 28.3 Å². The molecule has 0 aliphatic carbocycles. The lowest BCUT2D eigenvalue weighted by Crippen LogP contribution is -2.51. The number of rotatable bonds is 8. The first-order valence-corrected chi connectivity index (χ1v) is 16.6. The SMILES string of the molecule is CC(=O)N1CCN(C(C)Cn2c(C#N)cc3c(C)c(CN4CCC(Nc5ncnc6sc(CC(F)(F)F)cc56)CC4)ccc32)CC1. The molecule has 1 unspecified atom stereocenters. The van der Waals surface area contributed by atoms with Gasteiger partial charge in [-0.05, 0) is 56.0 Å². The van der Waals surface area contributed by atoms with Crippen molar-refractivity contribution in [2.75, 3.05) is 44.6 Å². The number of amides is 1. The Morgan fingerprint density at radius 1 is 1.11 bits per heavy atom. The summed E-state index contributed by atoms with van der Waals surface area (Å²) >= 11 is 1.07. The highest BCUT2D eigenvalue weighted by atomic mass is 32.1. The number of nitrogens with one attached hydrogen (secondary N) is 1. The van der Waals surface area contributed by atoms with E-state index in [-0.39, 0.29) is 22.9 Å². The number of benzene rings is 1. The number of hydrogen-bond donors (Lipinski definition) is 1. The van der Waals surface area contributed by atoms with Gasteiger partial charge in [0.15, 0.2) is 0 Å². The van der Waals surface area contributed by atoms with Crippen molar-refractivity contribution in [2.45, 2.75) is 71.4 Å². The van der Waals surface area contributed by atoms with Crippen molar-refractivity contribution in [2.24, 2.45) is 0 Å². The molecule has 0 bridgehead atoms. The summed E-state index contributed by atoms with van der Waals surface area (Å²) in [6.07, 6.45) is -2.03. The third-order valence-electron chi connectivity index (χ3n) is 9.49. The largest absolute Gasteiger partial charge is 0.393 e. The molecule has 46 heavy (non-hydrogen) atoms. The average molecular weight is 653 g/mol. The number of likely N-dealkylation sites (tertiary alicyclic amines) is 1. The number of halogens is 3. The maximum atomic E-state index is 12.9. The second-order valence-corrected chi connectivity index (χ2v) is 13.7. The molecule has 9 nitrogen and oxygen atoms in total. The first-order valence-electron chi connectivity index (χ1n) is 15.8. The van der Waals surface area contributed by atoms with Crippen LogP contribution in [0, 0.1) is 18.3 Å². The normalized spacial score (nSPS) is 17.9. The Balaban J connectivity index is 1.08. The number of nitrogens with zero attached hydrogens (tertiary/aromatic N) is 7. The molecule has 6 rings (SSSR count). The van der Waals surface area contributed by atoms with Gasteiger partial charge in [-0.25, -0.2) is 9.97 Å². The van der Waals surface area contributed by atoms with Crippen LogP contribution in [0.4, 0.5) is 19.0 Å². The molecule has 244 valence electrons. The Hall–Kier alpha value is -3.73. The van der Waals surface area contributed by atoms with E-state index in [1.54, 1.807) is 13.0 Å². The first-order chi connectivity index (χ1) is 22.0. The maximum absolute atomic E-state index is 12.9. The molecule has 1 N–H and O–H groups in total. The maximum Gasteiger partial charge on any atom is 0.393 e. The van der Waals surface area contributed by atoms with E-state index in [1.165, 1.54) is 17.5 Å². The number of carbonyl (C=O) groups excluding carboxylic acids is 1. The van der Waals surface area contributed by atoms with Crippen LogP contribution in [0.2, 0.25) is 0 Å². The summed E-state index contributed by atoms with van der Waals surface area (Å²) in [5.41, 5.74) is 4.15. The molecule has 0 saturated carbocycles. The van der Waals surface area contributed by atoms with Crippen molar-refractivity contribution < 1.29 is 18.0 Å². The predicted octanol–water partition coefficient (Wildman–Crippen LogP) is 5.56. The monoisotopic (exact) mass is 652 g/mol. The minimum Gasteiger partial charge on any atom is -0.367 e. The summed E-state index contributed by atoms with van der Waals surface area (Å²) in [5, 5.41) is 15.2. The van der Waals surface area contributed by atoms with Gasteiger partial charge in [-0.3, -0.25) is 14.6 Å². The van der Waals surface area contributed by atoms with Crippen molar-refractivity contribution >= 4 is 44.2 Å².